The fourth-order valence-corrected chi connectivity index (χ4v) is 1.08. The van der Waals surface area contributed by atoms with Gasteiger partial charge in [-0.3, -0.25) is 4.79 Å². The van der Waals surface area contributed by atoms with Crippen LogP contribution in [-0.4, -0.2) is 36.8 Å². The fraction of sp³-hybridized carbons (Fsp3) is 0.909. The first-order valence-corrected chi connectivity index (χ1v) is 5.54. The first-order chi connectivity index (χ1) is 6.86. The first kappa shape index (κ1) is 14.4. The van der Waals surface area contributed by atoms with Gasteiger partial charge in [0, 0.05) is 19.1 Å². The van der Waals surface area contributed by atoms with Crippen molar-refractivity contribution in [3.05, 3.63) is 0 Å². The van der Waals surface area contributed by atoms with E-state index >= 15 is 0 Å². The van der Waals surface area contributed by atoms with Crippen molar-refractivity contribution in [3.63, 3.8) is 0 Å². The van der Waals surface area contributed by atoms with Crippen LogP contribution in [0.2, 0.25) is 0 Å². The molecule has 3 N–H and O–H groups in total. The summed E-state index contributed by atoms with van der Waals surface area (Å²) in [6, 6.07) is 0.502. The Morgan fingerprint density at radius 3 is 2.33 bits per heavy atom. The van der Waals surface area contributed by atoms with E-state index < -0.39 is 11.4 Å². The van der Waals surface area contributed by atoms with Crippen molar-refractivity contribution in [2.45, 2.75) is 40.2 Å². The van der Waals surface area contributed by atoms with Crippen LogP contribution in [0.25, 0.3) is 0 Å². The molecule has 0 aliphatic heterocycles. The lowest BCUT2D eigenvalue weighted by Gasteiger charge is -2.19. The van der Waals surface area contributed by atoms with E-state index in [0.717, 1.165) is 19.6 Å². The highest BCUT2D eigenvalue weighted by Crippen LogP contribution is 2.18. The van der Waals surface area contributed by atoms with Crippen molar-refractivity contribution in [2.24, 2.45) is 5.41 Å². The van der Waals surface area contributed by atoms with E-state index in [1.165, 1.54) is 0 Å². The smallest absolute Gasteiger partial charge is 0.309 e. The monoisotopic (exact) mass is 216 g/mol. The minimum atomic E-state index is -0.732. The van der Waals surface area contributed by atoms with Crippen molar-refractivity contribution >= 4 is 5.97 Å². The minimum Gasteiger partial charge on any atom is -0.481 e. The third-order valence-corrected chi connectivity index (χ3v) is 2.36. The average molecular weight is 216 g/mol. The Morgan fingerprint density at radius 1 is 1.27 bits per heavy atom. The van der Waals surface area contributed by atoms with Crippen LogP contribution in [0.4, 0.5) is 0 Å². The van der Waals surface area contributed by atoms with Crippen molar-refractivity contribution in [3.8, 4) is 0 Å². The number of carboxylic acids is 1. The third kappa shape index (κ3) is 7.33. The molecule has 0 unspecified atom stereocenters. The van der Waals surface area contributed by atoms with Gasteiger partial charge in [-0.25, -0.2) is 0 Å². The molecule has 0 bridgehead atoms. The maximum Gasteiger partial charge on any atom is 0.309 e. The maximum atomic E-state index is 10.8. The molecule has 0 rings (SSSR count). The molecule has 4 nitrogen and oxygen atoms in total. The Morgan fingerprint density at radius 2 is 1.87 bits per heavy atom. The number of carbonyl (C=O) groups is 1. The van der Waals surface area contributed by atoms with E-state index in [9.17, 15) is 4.79 Å². The molecule has 0 saturated heterocycles. The topological polar surface area (TPSA) is 61.4 Å². The van der Waals surface area contributed by atoms with Crippen molar-refractivity contribution in [1.82, 2.24) is 10.6 Å². The second-order valence-corrected chi connectivity index (χ2v) is 4.80. The molecule has 0 fully saturated rings. The zero-order chi connectivity index (χ0) is 11.9. The van der Waals surface area contributed by atoms with Gasteiger partial charge in [0.05, 0.1) is 5.41 Å². The molecule has 4 heteroatoms. The van der Waals surface area contributed by atoms with E-state index in [1.54, 1.807) is 13.8 Å². The minimum absolute atomic E-state index is 0.502. The Labute approximate surface area is 92.4 Å². The molecule has 0 aromatic rings. The number of nitrogens with one attached hydrogen (secondary N) is 2. The fourth-order valence-electron chi connectivity index (χ4n) is 1.08. The number of carboxylic acid groups (broad SMARTS) is 1. The lowest BCUT2D eigenvalue weighted by molar-refractivity contribution is -0.147. The van der Waals surface area contributed by atoms with E-state index in [4.69, 9.17) is 5.11 Å². The van der Waals surface area contributed by atoms with Gasteiger partial charge in [-0.15, -0.1) is 0 Å². The normalized spacial score (nSPS) is 12.1. The predicted octanol–water partition coefficient (Wildman–Crippen LogP) is 1.07. The van der Waals surface area contributed by atoms with Crippen LogP contribution >= 0.6 is 0 Å². The van der Waals surface area contributed by atoms with Crippen LogP contribution in [0.1, 0.15) is 34.1 Å². The van der Waals surface area contributed by atoms with Crippen LogP contribution in [0.5, 0.6) is 0 Å². The predicted molar refractivity (Wildman–Crippen MR) is 62.0 cm³/mol. The van der Waals surface area contributed by atoms with Gasteiger partial charge in [0.1, 0.15) is 0 Å². The maximum absolute atomic E-state index is 10.8. The molecular formula is C11H24N2O2. The lowest BCUT2D eigenvalue weighted by Crippen LogP contribution is -2.34. The summed E-state index contributed by atoms with van der Waals surface area (Å²) in [5.74, 6) is -0.732. The number of hydrogen-bond donors (Lipinski definition) is 3. The largest absolute Gasteiger partial charge is 0.481 e. The second kappa shape index (κ2) is 6.80. The number of hydrogen-bond acceptors (Lipinski definition) is 3. The highest BCUT2D eigenvalue weighted by atomic mass is 16.4. The second-order valence-electron chi connectivity index (χ2n) is 4.80. The van der Waals surface area contributed by atoms with Gasteiger partial charge in [-0.05, 0) is 26.8 Å². The lowest BCUT2D eigenvalue weighted by atomic mass is 9.90. The standard InChI is InChI=1S/C11H24N2O2/c1-9(2)13-8-7-12-6-5-11(3,4)10(14)15/h9,12-13H,5-8H2,1-4H3,(H,14,15). The number of rotatable bonds is 8. The summed E-state index contributed by atoms with van der Waals surface area (Å²) < 4.78 is 0. The molecule has 0 aliphatic carbocycles. The zero-order valence-electron chi connectivity index (χ0n) is 10.3. The summed E-state index contributed by atoms with van der Waals surface area (Å²) in [5, 5.41) is 15.4. The summed E-state index contributed by atoms with van der Waals surface area (Å²) in [6.07, 6.45) is 0.657. The summed E-state index contributed by atoms with van der Waals surface area (Å²) in [7, 11) is 0. The van der Waals surface area contributed by atoms with Gasteiger partial charge >= 0.3 is 5.97 Å². The van der Waals surface area contributed by atoms with Crippen molar-refractivity contribution < 1.29 is 9.90 Å². The highest BCUT2D eigenvalue weighted by molar-refractivity contribution is 5.73. The molecule has 15 heavy (non-hydrogen) atoms. The molecule has 90 valence electrons. The summed E-state index contributed by atoms with van der Waals surface area (Å²) in [5.41, 5.74) is -0.627. The molecule has 0 aromatic heterocycles. The summed E-state index contributed by atoms with van der Waals surface area (Å²) >= 11 is 0. The quantitative estimate of drug-likeness (QED) is 0.531. The van der Waals surface area contributed by atoms with Crippen LogP contribution in [0.15, 0.2) is 0 Å². The Balaban J connectivity index is 3.43. The molecule has 0 spiro atoms. The van der Waals surface area contributed by atoms with E-state index in [0.29, 0.717) is 12.5 Å². The Hall–Kier alpha value is -0.610. The zero-order valence-corrected chi connectivity index (χ0v) is 10.3. The molecule has 0 heterocycles. The van der Waals surface area contributed by atoms with Gasteiger partial charge in [-0.2, -0.15) is 0 Å². The molecule has 0 aromatic carbocycles. The third-order valence-electron chi connectivity index (χ3n) is 2.36. The van der Waals surface area contributed by atoms with Crippen molar-refractivity contribution in [1.29, 1.82) is 0 Å². The van der Waals surface area contributed by atoms with Crippen LogP contribution in [-0.2, 0) is 4.79 Å². The molecule has 0 amide bonds. The van der Waals surface area contributed by atoms with Gasteiger partial charge in [0.25, 0.3) is 0 Å². The molecule has 0 saturated carbocycles. The van der Waals surface area contributed by atoms with Crippen LogP contribution < -0.4 is 10.6 Å². The van der Waals surface area contributed by atoms with E-state index in [-0.39, 0.29) is 0 Å². The van der Waals surface area contributed by atoms with Crippen molar-refractivity contribution in [2.75, 3.05) is 19.6 Å². The average Bonchev–Trinajstić information content (AvgIpc) is 2.10. The first-order valence-electron chi connectivity index (χ1n) is 5.54. The molecule has 0 atom stereocenters. The van der Waals surface area contributed by atoms with Crippen LogP contribution in [0.3, 0.4) is 0 Å². The summed E-state index contributed by atoms with van der Waals surface area (Å²) in [6.45, 7) is 10.3. The highest BCUT2D eigenvalue weighted by Gasteiger charge is 2.25. The van der Waals surface area contributed by atoms with E-state index in [2.05, 4.69) is 24.5 Å². The van der Waals surface area contributed by atoms with Gasteiger partial charge in [0.15, 0.2) is 0 Å². The SMILES string of the molecule is CC(C)NCCNCCC(C)(C)C(=O)O. The Bertz CT molecular complexity index is 191. The molecular weight excluding hydrogens is 192 g/mol. The Kier molecular flexibility index (Phi) is 6.52. The molecule has 0 radical (unpaired) electrons. The van der Waals surface area contributed by atoms with Gasteiger partial charge < -0.3 is 15.7 Å². The summed E-state index contributed by atoms with van der Waals surface area (Å²) in [4.78, 5) is 10.8. The van der Waals surface area contributed by atoms with E-state index in [1.807, 2.05) is 0 Å². The molecule has 0 aliphatic rings. The van der Waals surface area contributed by atoms with Gasteiger partial charge in [0.2, 0.25) is 0 Å². The van der Waals surface area contributed by atoms with Crippen LogP contribution in [0, 0.1) is 5.41 Å². The van der Waals surface area contributed by atoms with Gasteiger partial charge in [-0.1, -0.05) is 13.8 Å². The number of aliphatic carboxylic acids is 1.